The Balaban J connectivity index is 1.28. The van der Waals surface area contributed by atoms with E-state index in [1.165, 1.54) is 5.69 Å². The van der Waals surface area contributed by atoms with Gasteiger partial charge in [0.05, 0.1) is 12.8 Å². The highest BCUT2D eigenvalue weighted by atomic mass is 16.5. The monoisotopic (exact) mass is 365 g/mol. The minimum atomic E-state index is -0.332. The molecule has 2 aliphatic rings. The van der Waals surface area contributed by atoms with E-state index in [9.17, 15) is 0 Å². The number of anilines is 2. The zero-order valence-corrected chi connectivity index (χ0v) is 16.1. The maximum absolute atomic E-state index is 5.25. The molecular weight excluding hydrogens is 338 g/mol. The lowest BCUT2D eigenvalue weighted by Gasteiger charge is -2.38. The van der Waals surface area contributed by atoms with Gasteiger partial charge in [-0.1, -0.05) is 12.1 Å². The molecule has 2 heterocycles. The Morgan fingerprint density at radius 2 is 1.78 bits per heavy atom. The summed E-state index contributed by atoms with van der Waals surface area (Å²) < 4.78 is 5.25. The Morgan fingerprint density at radius 3 is 2.52 bits per heavy atom. The second-order valence-corrected chi connectivity index (χ2v) is 7.39. The normalized spacial score (nSPS) is 22.2. The lowest BCUT2D eigenvalue weighted by atomic mass is 10.1. The third-order valence-electron chi connectivity index (χ3n) is 5.41. The molecule has 0 aromatic heterocycles. The number of azo groups is 1. The molecule has 27 heavy (non-hydrogen) atoms. The zero-order chi connectivity index (χ0) is 18.7. The Bertz CT molecular complexity index is 798. The van der Waals surface area contributed by atoms with Crippen molar-refractivity contribution in [1.29, 1.82) is 0 Å². The smallest absolute Gasteiger partial charge is 0.149 e. The third-order valence-corrected chi connectivity index (χ3v) is 5.41. The van der Waals surface area contributed by atoms with Crippen LogP contribution in [-0.2, 0) is 0 Å². The van der Waals surface area contributed by atoms with Gasteiger partial charge in [-0.3, -0.25) is 4.90 Å². The summed E-state index contributed by atoms with van der Waals surface area (Å²) in [4.78, 5) is 4.95. The quantitative estimate of drug-likeness (QED) is 0.865. The van der Waals surface area contributed by atoms with Gasteiger partial charge in [-0.15, -0.1) is 0 Å². The van der Waals surface area contributed by atoms with Crippen molar-refractivity contribution >= 4 is 17.1 Å². The van der Waals surface area contributed by atoms with Crippen LogP contribution in [0, 0.1) is 0 Å². The zero-order valence-electron chi connectivity index (χ0n) is 16.1. The fourth-order valence-corrected chi connectivity index (χ4v) is 3.66. The highest BCUT2D eigenvalue weighted by Gasteiger charge is 2.29. The van der Waals surface area contributed by atoms with Crippen molar-refractivity contribution in [3.8, 4) is 5.75 Å². The first-order valence-electron chi connectivity index (χ1n) is 9.57. The summed E-state index contributed by atoms with van der Waals surface area (Å²) in [5.74, 6) is 0.904. The Labute approximate surface area is 160 Å². The van der Waals surface area contributed by atoms with E-state index in [-0.39, 0.29) is 5.66 Å². The Morgan fingerprint density at radius 1 is 1.04 bits per heavy atom. The molecule has 2 aromatic carbocycles. The molecule has 1 atom stereocenters. The van der Waals surface area contributed by atoms with Gasteiger partial charge in [-0.2, -0.15) is 10.2 Å². The molecule has 142 valence electrons. The van der Waals surface area contributed by atoms with Gasteiger partial charge in [0.25, 0.3) is 0 Å². The van der Waals surface area contributed by atoms with Crippen LogP contribution in [0.2, 0.25) is 0 Å². The highest BCUT2D eigenvalue weighted by molar-refractivity contribution is 5.66. The number of hydrogen-bond donors (Lipinski definition) is 1. The summed E-state index contributed by atoms with van der Waals surface area (Å²) in [7, 11) is 1.70. The van der Waals surface area contributed by atoms with Crippen molar-refractivity contribution in [1.82, 2.24) is 4.90 Å². The number of methoxy groups -OCH3 is 1. The van der Waals surface area contributed by atoms with Crippen molar-refractivity contribution in [3.05, 3.63) is 48.5 Å². The molecule has 4 rings (SSSR count). The molecule has 0 radical (unpaired) electrons. The lowest BCUT2D eigenvalue weighted by molar-refractivity contribution is 0.236. The molecule has 2 aliphatic heterocycles. The van der Waals surface area contributed by atoms with E-state index < -0.39 is 0 Å². The van der Waals surface area contributed by atoms with Gasteiger partial charge in [0.1, 0.15) is 17.1 Å². The standard InChI is InChI=1S/C21H27N5O/c1-21(22-19-5-3-4-6-20(19)23-24-21)11-12-25-13-15-26(16-14-25)17-7-9-18(27-2)10-8-17/h3-10,22H,11-16H2,1-2H3. The summed E-state index contributed by atoms with van der Waals surface area (Å²) in [6.07, 6.45) is 0.938. The van der Waals surface area contributed by atoms with Gasteiger partial charge >= 0.3 is 0 Å². The number of para-hydroxylation sites is 1. The van der Waals surface area contributed by atoms with Gasteiger partial charge in [-0.25, -0.2) is 0 Å². The SMILES string of the molecule is COc1ccc(N2CCN(CCC3(C)N=Nc4ccccc4N3)CC2)cc1. The number of ether oxygens (including phenoxy) is 1. The number of nitrogens with zero attached hydrogens (tertiary/aromatic N) is 4. The van der Waals surface area contributed by atoms with Crippen LogP contribution in [0.5, 0.6) is 5.75 Å². The molecule has 1 N–H and O–H groups in total. The predicted molar refractivity (Wildman–Crippen MR) is 109 cm³/mol. The van der Waals surface area contributed by atoms with Crippen molar-refractivity contribution in [2.45, 2.75) is 19.0 Å². The number of nitrogens with one attached hydrogen (secondary N) is 1. The molecule has 0 bridgehead atoms. The van der Waals surface area contributed by atoms with Crippen LogP contribution in [0.25, 0.3) is 0 Å². The van der Waals surface area contributed by atoms with Gasteiger partial charge in [0.2, 0.25) is 0 Å². The highest BCUT2D eigenvalue weighted by Crippen LogP contribution is 2.34. The molecule has 6 nitrogen and oxygen atoms in total. The van der Waals surface area contributed by atoms with Crippen LogP contribution >= 0.6 is 0 Å². The molecule has 1 unspecified atom stereocenters. The van der Waals surface area contributed by atoms with Gasteiger partial charge in [-0.05, 0) is 43.3 Å². The Hall–Kier alpha value is -2.60. The summed E-state index contributed by atoms with van der Waals surface area (Å²) in [5.41, 5.74) is 2.92. The van der Waals surface area contributed by atoms with Crippen LogP contribution < -0.4 is 15.0 Å². The van der Waals surface area contributed by atoms with Crippen molar-refractivity contribution in [3.63, 3.8) is 0 Å². The summed E-state index contributed by atoms with van der Waals surface area (Å²) in [6.45, 7) is 7.36. The van der Waals surface area contributed by atoms with E-state index in [0.717, 1.165) is 56.3 Å². The second kappa shape index (κ2) is 7.56. The van der Waals surface area contributed by atoms with Crippen LogP contribution in [0.4, 0.5) is 17.1 Å². The third kappa shape index (κ3) is 4.06. The molecule has 1 fully saturated rings. The molecule has 6 heteroatoms. The van der Waals surface area contributed by atoms with Crippen molar-refractivity contribution < 1.29 is 4.74 Å². The van der Waals surface area contributed by atoms with Gasteiger partial charge < -0.3 is 15.0 Å². The average molecular weight is 365 g/mol. The van der Waals surface area contributed by atoms with Gasteiger partial charge in [0, 0.05) is 44.8 Å². The molecule has 0 aliphatic carbocycles. The first-order valence-corrected chi connectivity index (χ1v) is 9.57. The van der Waals surface area contributed by atoms with E-state index in [1.807, 2.05) is 30.3 Å². The van der Waals surface area contributed by atoms with E-state index >= 15 is 0 Å². The number of fused-ring (bicyclic) bond motifs is 1. The maximum Gasteiger partial charge on any atom is 0.149 e. The maximum atomic E-state index is 5.25. The van der Waals surface area contributed by atoms with Crippen LogP contribution in [0.1, 0.15) is 13.3 Å². The number of piperazine rings is 1. The van der Waals surface area contributed by atoms with Gasteiger partial charge in [0.15, 0.2) is 0 Å². The first kappa shape index (κ1) is 17.8. The van der Waals surface area contributed by atoms with Crippen LogP contribution in [0.3, 0.4) is 0 Å². The molecular formula is C21H27N5O. The van der Waals surface area contributed by atoms with Crippen LogP contribution in [0.15, 0.2) is 58.8 Å². The van der Waals surface area contributed by atoms with Crippen molar-refractivity contribution in [2.75, 3.05) is 50.1 Å². The minimum absolute atomic E-state index is 0.332. The van der Waals surface area contributed by atoms with E-state index in [4.69, 9.17) is 4.74 Å². The minimum Gasteiger partial charge on any atom is -0.497 e. The van der Waals surface area contributed by atoms with Crippen molar-refractivity contribution in [2.24, 2.45) is 10.2 Å². The first-order chi connectivity index (χ1) is 13.1. The lowest BCUT2D eigenvalue weighted by Crippen LogP contribution is -2.48. The van der Waals surface area contributed by atoms with E-state index in [1.54, 1.807) is 7.11 Å². The summed E-state index contributed by atoms with van der Waals surface area (Å²) >= 11 is 0. The molecule has 0 spiro atoms. The van der Waals surface area contributed by atoms with Crippen LogP contribution in [-0.4, -0.2) is 50.4 Å². The summed E-state index contributed by atoms with van der Waals surface area (Å²) in [5, 5.41) is 12.5. The molecule has 0 saturated carbocycles. The van der Waals surface area contributed by atoms with E-state index in [0.29, 0.717) is 0 Å². The topological polar surface area (TPSA) is 52.5 Å². The summed E-state index contributed by atoms with van der Waals surface area (Å²) in [6, 6.07) is 16.4. The number of hydrogen-bond acceptors (Lipinski definition) is 6. The Kier molecular flexibility index (Phi) is 4.99. The fourth-order valence-electron chi connectivity index (χ4n) is 3.66. The largest absolute Gasteiger partial charge is 0.497 e. The van der Waals surface area contributed by atoms with E-state index in [2.05, 4.69) is 50.5 Å². The predicted octanol–water partition coefficient (Wildman–Crippen LogP) is 4.13. The average Bonchev–Trinajstić information content (AvgIpc) is 2.73. The fraction of sp³-hybridized carbons (Fsp3) is 0.429. The molecule has 1 saturated heterocycles. The molecule has 0 amide bonds. The number of benzene rings is 2. The second-order valence-electron chi connectivity index (χ2n) is 7.39. The number of rotatable bonds is 5. The molecule has 2 aromatic rings.